The van der Waals surface area contributed by atoms with Gasteiger partial charge in [-0.25, -0.2) is 4.98 Å². The number of anilines is 2. The first-order valence-corrected chi connectivity index (χ1v) is 6.70. The van der Waals surface area contributed by atoms with Crippen molar-refractivity contribution in [3.8, 4) is 0 Å². The maximum Gasteiger partial charge on any atom is 0.311 e. The van der Waals surface area contributed by atoms with Crippen LogP contribution in [0.3, 0.4) is 0 Å². The number of pyridine rings is 1. The second-order valence-electron chi connectivity index (χ2n) is 4.94. The molecule has 2 atom stereocenters. The van der Waals surface area contributed by atoms with Gasteiger partial charge in [-0.1, -0.05) is 6.92 Å². The van der Waals surface area contributed by atoms with E-state index in [-0.39, 0.29) is 10.6 Å². The number of nitrogens with zero attached hydrogens (tertiary/aromatic N) is 3. The summed E-state index contributed by atoms with van der Waals surface area (Å²) in [6, 6.07) is 3.81. The van der Waals surface area contributed by atoms with Crippen molar-refractivity contribution >= 4 is 17.3 Å². The molecule has 2 rings (SSSR count). The number of aromatic nitrogens is 1. The minimum absolute atomic E-state index is 0.0891. The number of rotatable bonds is 4. The molecule has 19 heavy (non-hydrogen) atoms. The van der Waals surface area contributed by atoms with Gasteiger partial charge >= 0.3 is 5.69 Å². The van der Waals surface area contributed by atoms with Crippen molar-refractivity contribution in [3.63, 3.8) is 0 Å². The summed E-state index contributed by atoms with van der Waals surface area (Å²) in [6.07, 6.45) is 3.11. The van der Waals surface area contributed by atoms with E-state index in [1.165, 1.54) is 6.07 Å². The van der Waals surface area contributed by atoms with Crippen LogP contribution in [0, 0.1) is 10.1 Å². The van der Waals surface area contributed by atoms with Crippen LogP contribution in [0.5, 0.6) is 0 Å². The van der Waals surface area contributed by atoms with E-state index in [2.05, 4.69) is 29.0 Å². The first-order chi connectivity index (χ1) is 9.08. The molecule has 1 saturated heterocycles. The predicted octanol–water partition coefficient (Wildman–Crippen LogP) is 2.80. The molecule has 0 saturated carbocycles. The lowest BCUT2D eigenvalue weighted by Crippen LogP contribution is -2.35. The molecule has 0 aliphatic carbocycles. The van der Waals surface area contributed by atoms with Gasteiger partial charge in [0, 0.05) is 25.2 Å². The fraction of sp³-hybridized carbons (Fsp3) is 0.615. The molecular formula is C13H20N4O2. The van der Waals surface area contributed by atoms with E-state index in [0.717, 1.165) is 19.3 Å². The van der Waals surface area contributed by atoms with Crippen LogP contribution in [0.2, 0.25) is 0 Å². The van der Waals surface area contributed by atoms with Crippen LogP contribution in [0.25, 0.3) is 0 Å². The smallest absolute Gasteiger partial charge is 0.311 e. The zero-order chi connectivity index (χ0) is 14.0. The van der Waals surface area contributed by atoms with Crippen LogP contribution in [-0.2, 0) is 0 Å². The summed E-state index contributed by atoms with van der Waals surface area (Å²) < 4.78 is 0. The fourth-order valence-corrected chi connectivity index (χ4v) is 2.77. The second-order valence-corrected chi connectivity index (χ2v) is 4.94. The molecule has 2 heterocycles. The SMILES string of the molecule is CCC1CCC(C)N1c1nc(NC)ccc1[N+](=O)[O-]. The number of nitro groups is 1. The lowest BCUT2D eigenvalue weighted by molar-refractivity contribution is -0.384. The highest BCUT2D eigenvalue weighted by Crippen LogP contribution is 2.36. The second kappa shape index (κ2) is 5.42. The minimum Gasteiger partial charge on any atom is -0.373 e. The Kier molecular flexibility index (Phi) is 3.87. The standard InChI is InChI=1S/C13H20N4O2/c1-4-10-6-5-9(2)16(10)13-11(17(18)19)7-8-12(14-3)15-13/h7-10H,4-6H2,1-3H3,(H,14,15). The van der Waals surface area contributed by atoms with Gasteiger partial charge in [-0.2, -0.15) is 0 Å². The summed E-state index contributed by atoms with van der Waals surface area (Å²) in [5.74, 6) is 1.16. The number of nitrogens with one attached hydrogen (secondary N) is 1. The lowest BCUT2D eigenvalue weighted by atomic mass is 10.1. The maximum atomic E-state index is 11.2. The van der Waals surface area contributed by atoms with Gasteiger partial charge < -0.3 is 10.2 Å². The van der Waals surface area contributed by atoms with Gasteiger partial charge in [0.1, 0.15) is 5.82 Å². The molecule has 1 aliphatic rings. The summed E-state index contributed by atoms with van der Waals surface area (Å²) in [7, 11) is 1.77. The Labute approximate surface area is 113 Å². The van der Waals surface area contributed by atoms with Crippen LogP contribution >= 0.6 is 0 Å². The highest BCUT2D eigenvalue weighted by molar-refractivity contribution is 5.63. The Balaban J connectivity index is 2.48. The van der Waals surface area contributed by atoms with Crippen molar-refractivity contribution < 1.29 is 4.92 Å². The topological polar surface area (TPSA) is 71.3 Å². The molecular weight excluding hydrogens is 244 g/mol. The van der Waals surface area contributed by atoms with Gasteiger partial charge in [0.05, 0.1) is 4.92 Å². The first kappa shape index (κ1) is 13.6. The molecule has 104 valence electrons. The summed E-state index contributed by atoms with van der Waals surface area (Å²) in [5, 5.41) is 14.1. The Morgan fingerprint density at radius 2 is 2.26 bits per heavy atom. The quantitative estimate of drug-likeness (QED) is 0.668. The zero-order valence-electron chi connectivity index (χ0n) is 11.6. The van der Waals surface area contributed by atoms with Crippen molar-refractivity contribution in [2.45, 2.75) is 45.2 Å². The summed E-state index contributed by atoms with van der Waals surface area (Å²) >= 11 is 0. The van der Waals surface area contributed by atoms with Crippen LogP contribution in [-0.4, -0.2) is 29.0 Å². The van der Waals surface area contributed by atoms with E-state index < -0.39 is 0 Å². The van der Waals surface area contributed by atoms with E-state index in [4.69, 9.17) is 0 Å². The molecule has 0 aromatic carbocycles. The Morgan fingerprint density at radius 1 is 1.53 bits per heavy atom. The maximum absolute atomic E-state index is 11.2. The third-order valence-electron chi connectivity index (χ3n) is 3.81. The van der Waals surface area contributed by atoms with Crippen LogP contribution in [0.1, 0.15) is 33.1 Å². The van der Waals surface area contributed by atoms with Gasteiger partial charge in [-0.15, -0.1) is 0 Å². The molecule has 2 unspecified atom stereocenters. The van der Waals surface area contributed by atoms with E-state index >= 15 is 0 Å². The van der Waals surface area contributed by atoms with Gasteiger partial charge in [0.15, 0.2) is 0 Å². The van der Waals surface area contributed by atoms with Crippen LogP contribution in [0.4, 0.5) is 17.3 Å². The van der Waals surface area contributed by atoms with E-state index in [1.807, 2.05) is 0 Å². The average molecular weight is 264 g/mol. The summed E-state index contributed by atoms with van der Waals surface area (Å²) in [6.45, 7) is 4.22. The van der Waals surface area contributed by atoms with Gasteiger partial charge in [0.2, 0.25) is 5.82 Å². The first-order valence-electron chi connectivity index (χ1n) is 6.70. The average Bonchev–Trinajstić information content (AvgIpc) is 2.78. The normalized spacial score (nSPS) is 22.6. The Bertz CT molecular complexity index is 478. The number of hydrogen-bond acceptors (Lipinski definition) is 5. The lowest BCUT2D eigenvalue weighted by Gasteiger charge is -2.28. The van der Waals surface area contributed by atoms with Crippen molar-refractivity contribution in [1.29, 1.82) is 0 Å². The molecule has 6 nitrogen and oxygen atoms in total. The fourth-order valence-electron chi connectivity index (χ4n) is 2.77. The minimum atomic E-state index is -0.348. The van der Waals surface area contributed by atoms with Crippen molar-refractivity contribution in [1.82, 2.24) is 4.98 Å². The van der Waals surface area contributed by atoms with Crippen molar-refractivity contribution in [2.24, 2.45) is 0 Å². The molecule has 1 aromatic rings. The zero-order valence-corrected chi connectivity index (χ0v) is 11.6. The number of hydrogen-bond donors (Lipinski definition) is 1. The van der Waals surface area contributed by atoms with Crippen molar-refractivity contribution in [2.75, 3.05) is 17.3 Å². The molecule has 0 radical (unpaired) electrons. The summed E-state index contributed by atoms with van der Waals surface area (Å²) in [4.78, 5) is 17.4. The third-order valence-corrected chi connectivity index (χ3v) is 3.81. The molecule has 0 amide bonds. The van der Waals surface area contributed by atoms with E-state index in [0.29, 0.717) is 23.7 Å². The molecule has 1 N–H and O–H groups in total. The Morgan fingerprint density at radius 3 is 2.84 bits per heavy atom. The van der Waals surface area contributed by atoms with E-state index in [9.17, 15) is 10.1 Å². The monoisotopic (exact) mass is 264 g/mol. The molecule has 6 heteroatoms. The van der Waals surface area contributed by atoms with Crippen LogP contribution in [0.15, 0.2) is 12.1 Å². The van der Waals surface area contributed by atoms with Crippen molar-refractivity contribution in [3.05, 3.63) is 22.2 Å². The predicted molar refractivity (Wildman–Crippen MR) is 75.7 cm³/mol. The van der Waals surface area contributed by atoms with E-state index in [1.54, 1.807) is 13.1 Å². The molecule has 0 bridgehead atoms. The third kappa shape index (κ3) is 2.47. The highest BCUT2D eigenvalue weighted by Gasteiger charge is 2.34. The van der Waals surface area contributed by atoms with Gasteiger partial charge in [-0.3, -0.25) is 10.1 Å². The van der Waals surface area contributed by atoms with Gasteiger partial charge in [0.25, 0.3) is 0 Å². The van der Waals surface area contributed by atoms with Crippen LogP contribution < -0.4 is 10.2 Å². The Hall–Kier alpha value is -1.85. The summed E-state index contributed by atoms with van der Waals surface area (Å²) in [5.41, 5.74) is 0.0891. The highest BCUT2D eigenvalue weighted by atomic mass is 16.6. The molecule has 1 aliphatic heterocycles. The largest absolute Gasteiger partial charge is 0.373 e. The molecule has 1 aromatic heterocycles. The van der Waals surface area contributed by atoms with Gasteiger partial charge in [-0.05, 0) is 32.3 Å². The molecule has 1 fully saturated rings. The molecule has 0 spiro atoms.